The number of thiol groups is 1. The highest BCUT2D eigenvalue weighted by atomic mass is 32.1. The van der Waals surface area contributed by atoms with Gasteiger partial charge in [-0.05, 0) is 37.5 Å². The first kappa shape index (κ1) is 12.2. The lowest BCUT2D eigenvalue weighted by atomic mass is 10.1. The number of aryl methyl sites for hydroxylation is 2. The molecule has 15 heavy (non-hydrogen) atoms. The molecule has 2 heteroatoms. The Labute approximate surface area is 97.6 Å². The van der Waals surface area contributed by atoms with Gasteiger partial charge in [0.1, 0.15) is 12.4 Å². The van der Waals surface area contributed by atoms with Crippen LogP contribution < -0.4 is 4.74 Å². The van der Waals surface area contributed by atoms with Crippen molar-refractivity contribution in [3.8, 4) is 5.75 Å². The predicted octanol–water partition coefficient (Wildman–Crippen LogP) is 3.48. The number of hydrogen-bond acceptors (Lipinski definition) is 2. The van der Waals surface area contributed by atoms with Crippen LogP contribution in [0.5, 0.6) is 5.75 Å². The summed E-state index contributed by atoms with van der Waals surface area (Å²) in [5, 5.41) is 0. The van der Waals surface area contributed by atoms with Crippen molar-refractivity contribution in [3.63, 3.8) is 0 Å². The van der Waals surface area contributed by atoms with Crippen LogP contribution in [0.3, 0.4) is 0 Å². The Morgan fingerprint density at radius 3 is 2.47 bits per heavy atom. The summed E-state index contributed by atoms with van der Waals surface area (Å²) in [5.74, 6) is 1.77. The molecular weight excluding hydrogens is 204 g/mol. The van der Waals surface area contributed by atoms with E-state index in [1.165, 1.54) is 16.7 Å². The Morgan fingerprint density at radius 1 is 1.13 bits per heavy atom. The molecule has 82 valence electrons. The molecule has 1 aromatic carbocycles. The molecule has 0 N–H and O–H groups in total. The number of rotatable bonds is 4. The van der Waals surface area contributed by atoms with Crippen LogP contribution in [-0.2, 0) is 0 Å². The van der Waals surface area contributed by atoms with Gasteiger partial charge in [0.15, 0.2) is 0 Å². The Kier molecular flexibility index (Phi) is 4.76. The Bertz CT molecular complexity index is 356. The van der Waals surface area contributed by atoms with Gasteiger partial charge in [-0.15, -0.1) is 0 Å². The van der Waals surface area contributed by atoms with Crippen LogP contribution in [0.4, 0.5) is 0 Å². The summed E-state index contributed by atoms with van der Waals surface area (Å²) in [5.41, 5.74) is 3.69. The topological polar surface area (TPSA) is 9.23 Å². The molecule has 0 aromatic heterocycles. The summed E-state index contributed by atoms with van der Waals surface area (Å²) in [6.45, 7) is 6.89. The maximum absolute atomic E-state index is 5.73. The predicted molar refractivity (Wildman–Crippen MR) is 69.1 cm³/mol. The lowest BCUT2D eigenvalue weighted by Gasteiger charge is -2.12. The monoisotopic (exact) mass is 222 g/mol. The van der Waals surface area contributed by atoms with Gasteiger partial charge in [-0.3, -0.25) is 0 Å². The minimum absolute atomic E-state index is 0.617. The van der Waals surface area contributed by atoms with E-state index < -0.39 is 0 Å². The van der Waals surface area contributed by atoms with Crippen molar-refractivity contribution in [2.24, 2.45) is 0 Å². The van der Waals surface area contributed by atoms with Gasteiger partial charge in [0, 0.05) is 5.75 Å². The van der Waals surface area contributed by atoms with Crippen LogP contribution in [0, 0.1) is 20.8 Å². The first-order valence-electron chi connectivity index (χ1n) is 5.12. The van der Waals surface area contributed by atoms with Crippen LogP contribution in [0.25, 0.3) is 0 Å². The molecule has 1 rings (SSSR count). The zero-order valence-corrected chi connectivity index (χ0v) is 10.5. The van der Waals surface area contributed by atoms with Gasteiger partial charge in [-0.1, -0.05) is 24.3 Å². The van der Waals surface area contributed by atoms with Gasteiger partial charge < -0.3 is 4.74 Å². The average Bonchev–Trinajstić information content (AvgIpc) is 2.23. The summed E-state index contributed by atoms with van der Waals surface area (Å²) in [4.78, 5) is 0. The minimum atomic E-state index is 0.617. The molecule has 0 aliphatic carbocycles. The maximum Gasteiger partial charge on any atom is 0.125 e. The SMILES string of the molecule is Cc1ccc(C)c(OCC=CCS)c1C. The van der Waals surface area contributed by atoms with Crippen molar-refractivity contribution in [1.82, 2.24) is 0 Å². The van der Waals surface area contributed by atoms with Gasteiger partial charge in [-0.25, -0.2) is 0 Å². The third-order valence-corrected chi connectivity index (χ3v) is 2.68. The fraction of sp³-hybridized carbons (Fsp3) is 0.385. The van der Waals surface area contributed by atoms with Crippen molar-refractivity contribution in [2.45, 2.75) is 20.8 Å². The molecule has 0 spiro atoms. The van der Waals surface area contributed by atoms with Crippen LogP contribution in [-0.4, -0.2) is 12.4 Å². The molecule has 1 aromatic rings. The first-order chi connectivity index (χ1) is 7.16. The lowest BCUT2D eigenvalue weighted by Crippen LogP contribution is -1.99. The van der Waals surface area contributed by atoms with E-state index in [1.807, 2.05) is 12.2 Å². The van der Waals surface area contributed by atoms with Gasteiger partial charge in [0.25, 0.3) is 0 Å². The van der Waals surface area contributed by atoms with Gasteiger partial charge >= 0.3 is 0 Å². The Morgan fingerprint density at radius 2 is 1.80 bits per heavy atom. The third kappa shape index (κ3) is 3.31. The molecule has 0 bridgehead atoms. The average molecular weight is 222 g/mol. The molecule has 0 aliphatic heterocycles. The first-order valence-corrected chi connectivity index (χ1v) is 5.75. The Balaban J connectivity index is 2.75. The summed E-state index contributed by atoms with van der Waals surface area (Å²) in [6, 6.07) is 4.22. The van der Waals surface area contributed by atoms with Gasteiger partial charge in [0.05, 0.1) is 0 Å². The standard InChI is InChI=1S/C13H18OS/c1-10-6-7-11(2)13(12(10)3)14-8-4-5-9-15/h4-7,15H,8-9H2,1-3H3. The van der Waals surface area contributed by atoms with E-state index in [-0.39, 0.29) is 0 Å². The molecule has 0 heterocycles. The van der Waals surface area contributed by atoms with E-state index in [1.54, 1.807) is 0 Å². The van der Waals surface area contributed by atoms with Crippen molar-refractivity contribution in [1.29, 1.82) is 0 Å². The fourth-order valence-electron chi connectivity index (χ4n) is 1.42. The molecule has 0 fully saturated rings. The number of ether oxygens (including phenoxy) is 1. The summed E-state index contributed by atoms with van der Waals surface area (Å²) < 4.78 is 5.73. The second-order valence-corrected chi connectivity index (χ2v) is 3.98. The number of benzene rings is 1. The Hall–Kier alpha value is -0.890. The van der Waals surface area contributed by atoms with Gasteiger partial charge in [0.2, 0.25) is 0 Å². The fourth-order valence-corrected chi connectivity index (χ4v) is 1.57. The van der Waals surface area contributed by atoms with E-state index in [4.69, 9.17) is 4.74 Å². The smallest absolute Gasteiger partial charge is 0.125 e. The molecule has 0 aliphatic rings. The number of hydrogen-bond donors (Lipinski definition) is 1. The summed E-state index contributed by atoms with van der Waals surface area (Å²) in [7, 11) is 0. The van der Waals surface area contributed by atoms with Crippen molar-refractivity contribution in [3.05, 3.63) is 41.0 Å². The highest BCUT2D eigenvalue weighted by molar-refractivity contribution is 7.80. The normalized spacial score (nSPS) is 10.9. The highest BCUT2D eigenvalue weighted by Gasteiger charge is 2.04. The van der Waals surface area contributed by atoms with Crippen molar-refractivity contribution in [2.75, 3.05) is 12.4 Å². The maximum atomic E-state index is 5.73. The zero-order valence-electron chi connectivity index (χ0n) is 9.58. The van der Waals surface area contributed by atoms with Crippen LogP contribution in [0.1, 0.15) is 16.7 Å². The molecule has 0 saturated heterocycles. The minimum Gasteiger partial charge on any atom is -0.489 e. The summed E-state index contributed by atoms with van der Waals surface area (Å²) >= 11 is 4.10. The molecule has 0 saturated carbocycles. The third-order valence-electron chi connectivity index (χ3n) is 2.47. The van der Waals surface area contributed by atoms with E-state index in [0.29, 0.717) is 6.61 Å². The molecule has 1 nitrogen and oxygen atoms in total. The lowest BCUT2D eigenvalue weighted by molar-refractivity contribution is 0.357. The van der Waals surface area contributed by atoms with E-state index in [0.717, 1.165) is 11.5 Å². The van der Waals surface area contributed by atoms with Crippen LogP contribution >= 0.6 is 12.6 Å². The molecular formula is C13H18OS. The molecule has 0 atom stereocenters. The van der Waals surface area contributed by atoms with Crippen LogP contribution in [0.15, 0.2) is 24.3 Å². The molecule has 0 radical (unpaired) electrons. The second-order valence-electron chi connectivity index (χ2n) is 3.62. The quantitative estimate of drug-likeness (QED) is 0.606. The molecule has 0 unspecified atom stereocenters. The summed E-state index contributed by atoms with van der Waals surface area (Å²) in [6.07, 6.45) is 3.98. The molecule has 0 amide bonds. The van der Waals surface area contributed by atoms with E-state index in [9.17, 15) is 0 Å². The van der Waals surface area contributed by atoms with Crippen molar-refractivity contribution >= 4 is 12.6 Å². The second kappa shape index (κ2) is 5.86. The highest BCUT2D eigenvalue weighted by Crippen LogP contribution is 2.25. The zero-order chi connectivity index (χ0) is 11.3. The van der Waals surface area contributed by atoms with Crippen LogP contribution in [0.2, 0.25) is 0 Å². The van der Waals surface area contributed by atoms with E-state index in [2.05, 4.69) is 45.5 Å². The largest absolute Gasteiger partial charge is 0.489 e. The van der Waals surface area contributed by atoms with E-state index >= 15 is 0 Å². The van der Waals surface area contributed by atoms with Crippen molar-refractivity contribution < 1.29 is 4.74 Å². The van der Waals surface area contributed by atoms with Gasteiger partial charge in [-0.2, -0.15) is 12.6 Å².